The molecule has 4 nitrogen and oxygen atoms in total. The minimum Gasteiger partial charge on any atom is -0.478 e. The van der Waals surface area contributed by atoms with E-state index in [4.69, 9.17) is 0 Å². The van der Waals surface area contributed by atoms with E-state index in [2.05, 4.69) is 12.2 Å². The summed E-state index contributed by atoms with van der Waals surface area (Å²) < 4.78 is 0. The highest BCUT2D eigenvalue weighted by Gasteiger charge is 2.19. The number of carbonyl (C=O) groups excluding carboxylic acids is 1. The van der Waals surface area contributed by atoms with Crippen molar-refractivity contribution < 1.29 is 14.7 Å². The van der Waals surface area contributed by atoms with Crippen LogP contribution in [0.15, 0.2) is 24.3 Å². The third-order valence-electron chi connectivity index (χ3n) is 4.56. The number of hydrogen-bond donors (Lipinski definition) is 2. The first-order valence-corrected chi connectivity index (χ1v) is 9.10. The fourth-order valence-electron chi connectivity index (χ4n) is 3.23. The Balaban J connectivity index is 1.65. The number of fused-ring (bicyclic) bond motifs is 1. The molecule has 2 aromatic rings. The lowest BCUT2D eigenvalue weighted by molar-refractivity contribution is -0.116. The number of hydrogen-bond acceptors (Lipinski definition) is 3. The molecule has 0 unspecified atom stereocenters. The molecular weight excluding hydrogens is 322 g/mol. The van der Waals surface area contributed by atoms with Crippen molar-refractivity contribution in [1.29, 1.82) is 0 Å². The summed E-state index contributed by atoms with van der Waals surface area (Å²) in [5, 5.41) is 13.2. The van der Waals surface area contributed by atoms with Crippen LogP contribution in [0.1, 0.15) is 51.2 Å². The van der Waals surface area contributed by atoms with Gasteiger partial charge >= 0.3 is 5.97 Å². The van der Waals surface area contributed by atoms with Crippen LogP contribution in [-0.4, -0.2) is 17.0 Å². The van der Waals surface area contributed by atoms with Crippen molar-refractivity contribution >= 4 is 28.2 Å². The quantitative estimate of drug-likeness (QED) is 0.855. The van der Waals surface area contributed by atoms with Gasteiger partial charge in [-0.2, -0.15) is 0 Å². The van der Waals surface area contributed by atoms with Gasteiger partial charge in [0.15, 0.2) is 0 Å². The highest BCUT2D eigenvalue weighted by Crippen LogP contribution is 2.37. The summed E-state index contributed by atoms with van der Waals surface area (Å²) in [6.45, 7) is 2.08. The zero-order valence-corrected chi connectivity index (χ0v) is 14.5. The number of anilines is 1. The third kappa shape index (κ3) is 3.51. The minimum atomic E-state index is -0.951. The SMILES string of the molecule is Cc1c(NC(=O)CCc2ccccc2C(=O)O)sc2c1CCCC2. The summed E-state index contributed by atoms with van der Waals surface area (Å²) in [7, 11) is 0. The van der Waals surface area contributed by atoms with Crippen LogP contribution in [0.25, 0.3) is 0 Å². The summed E-state index contributed by atoms with van der Waals surface area (Å²) >= 11 is 1.69. The van der Waals surface area contributed by atoms with Gasteiger partial charge in [0.25, 0.3) is 0 Å². The molecule has 5 heteroatoms. The molecule has 2 N–H and O–H groups in total. The van der Waals surface area contributed by atoms with Crippen LogP contribution in [0.3, 0.4) is 0 Å². The van der Waals surface area contributed by atoms with E-state index in [0.717, 1.165) is 17.8 Å². The van der Waals surface area contributed by atoms with Gasteiger partial charge in [0.05, 0.1) is 10.6 Å². The number of aryl methyl sites for hydroxylation is 2. The zero-order valence-electron chi connectivity index (χ0n) is 13.7. The summed E-state index contributed by atoms with van der Waals surface area (Å²) in [4.78, 5) is 24.9. The van der Waals surface area contributed by atoms with E-state index < -0.39 is 5.97 Å². The number of thiophene rings is 1. The number of nitrogens with one attached hydrogen (secondary N) is 1. The van der Waals surface area contributed by atoms with Gasteiger partial charge in [0.2, 0.25) is 5.91 Å². The van der Waals surface area contributed by atoms with Gasteiger partial charge < -0.3 is 10.4 Å². The molecule has 126 valence electrons. The number of carboxylic acid groups (broad SMARTS) is 1. The van der Waals surface area contributed by atoms with Gasteiger partial charge in [-0.05, 0) is 61.8 Å². The molecule has 1 aromatic carbocycles. The number of aromatic carboxylic acids is 1. The molecular formula is C19H21NO3S. The lowest BCUT2D eigenvalue weighted by Crippen LogP contribution is -2.13. The zero-order chi connectivity index (χ0) is 17.1. The van der Waals surface area contributed by atoms with Crippen molar-refractivity contribution in [1.82, 2.24) is 0 Å². The van der Waals surface area contributed by atoms with Gasteiger partial charge in [-0.3, -0.25) is 4.79 Å². The lowest BCUT2D eigenvalue weighted by Gasteiger charge is -2.10. The third-order valence-corrected chi connectivity index (χ3v) is 5.87. The van der Waals surface area contributed by atoms with Crippen molar-refractivity contribution in [2.45, 2.75) is 45.4 Å². The highest BCUT2D eigenvalue weighted by molar-refractivity contribution is 7.16. The first kappa shape index (κ1) is 16.7. The molecule has 0 bridgehead atoms. The topological polar surface area (TPSA) is 66.4 Å². The van der Waals surface area contributed by atoms with Crippen molar-refractivity contribution in [3.8, 4) is 0 Å². The van der Waals surface area contributed by atoms with Crippen LogP contribution in [0, 0.1) is 6.92 Å². The number of amides is 1. The first-order valence-electron chi connectivity index (χ1n) is 8.28. The smallest absolute Gasteiger partial charge is 0.335 e. The Kier molecular flexibility index (Phi) is 5.00. The Hall–Kier alpha value is -2.14. The monoisotopic (exact) mass is 343 g/mol. The van der Waals surface area contributed by atoms with Crippen LogP contribution in [0.5, 0.6) is 0 Å². The molecule has 1 aliphatic rings. The van der Waals surface area contributed by atoms with Crippen molar-refractivity contribution in [3.63, 3.8) is 0 Å². The number of rotatable bonds is 5. The average Bonchev–Trinajstić information content (AvgIpc) is 2.89. The second kappa shape index (κ2) is 7.18. The maximum Gasteiger partial charge on any atom is 0.335 e. The standard InChI is InChI=1S/C19H21NO3S/c1-12-14-7-4-5-9-16(14)24-18(12)20-17(21)11-10-13-6-2-3-8-15(13)19(22)23/h2-3,6,8H,4-5,7,9-11H2,1H3,(H,20,21)(H,22,23). The van der Waals surface area contributed by atoms with Crippen molar-refractivity contribution in [3.05, 3.63) is 51.4 Å². The van der Waals surface area contributed by atoms with E-state index in [9.17, 15) is 14.7 Å². The number of carboxylic acids is 1. The van der Waals surface area contributed by atoms with E-state index in [0.29, 0.717) is 12.0 Å². The fourth-order valence-corrected chi connectivity index (χ4v) is 4.54. The highest BCUT2D eigenvalue weighted by atomic mass is 32.1. The molecule has 1 aromatic heterocycles. The predicted molar refractivity (Wildman–Crippen MR) is 96.1 cm³/mol. The molecule has 24 heavy (non-hydrogen) atoms. The van der Waals surface area contributed by atoms with Crippen LogP contribution in [-0.2, 0) is 24.1 Å². The summed E-state index contributed by atoms with van der Waals surface area (Å²) in [5.41, 5.74) is 3.59. The fraction of sp³-hybridized carbons (Fsp3) is 0.368. The van der Waals surface area contributed by atoms with Gasteiger partial charge in [-0.15, -0.1) is 11.3 Å². The van der Waals surface area contributed by atoms with E-state index in [-0.39, 0.29) is 17.9 Å². The molecule has 1 aliphatic carbocycles. The Morgan fingerprint density at radius 1 is 1.21 bits per heavy atom. The average molecular weight is 343 g/mol. The molecule has 3 rings (SSSR count). The summed E-state index contributed by atoms with van der Waals surface area (Å²) in [6, 6.07) is 6.85. The van der Waals surface area contributed by atoms with E-state index in [1.807, 2.05) is 0 Å². The van der Waals surface area contributed by atoms with E-state index >= 15 is 0 Å². The molecule has 1 heterocycles. The molecule has 0 spiro atoms. The van der Waals surface area contributed by atoms with Gasteiger partial charge in [-0.1, -0.05) is 18.2 Å². The normalized spacial score (nSPS) is 13.4. The minimum absolute atomic E-state index is 0.0584. The first-order chi connectivity index (χ1) is 11.6. The molecule has 0 saturated heterocycles. The Bertz CT molecular complexity index is 779. The van der Waals surface area contributed by atoms with Crippen LogP contribution in [0.2, 0.25) is 0 Å². The second-order valence-corrected chi connectivity index (χ2v) is 7.28. The van der Waals surface area contributed by atoms with Crippen molar-refractivity contribution in [2.24, 2.45) is 0 Å². The largest absolute Gasteiger partial charge is 0.478 e. The molecule has 0 saturated carbocycles. The molecule has 1 amide bonds. The van der Waals surface area contributed by atoms with Crippen LogP contribution in [0.4, 0.5) is 5.00 Å². The predicted octanol–water partition coefficient (Wildman–Crippen LogP) is 4.20. The van der Waals surface area contributed by atoms with E-state index in [1.165, 1.54) is 28.8 Å². The maximum atomic E-state index is 12.3. The van der Waals surface area contributed by atoms with Gasteiger partial charge in [0.1, 0.15) is 0 Å². The molecule has 0 aliphatic heterocycles. The Morgan fingerprint density at radius 3 is 2.71 bits per heavy atom. The van der Waals surface area contributed by atoms with Gasteiger partial charge in [0, 0.05) is 11.3 Å². The Morgan fingerprint density at radius 2 is 1.96 bits per heavy atom. The van der Waals surface area contributed by atoms with Crippen molar-refractivity contribution in [2.75, 3.05) is 5.32 Å². The Labute approximate surface area is 145 Å². The summed E-state index contributed by atoms with van der Waals surface area (Å²) in [5.74, 6) is -1.01. The number of carbonyl (C=O) groups is 2. The lowest BCUT2D eigenvalue weighted by atomic mass is 9.96. The number of benzene rings is 1. The molecule has 0 fully saturated rings. The van der Waals surface area contributed by atoms with E-state index in [1.54, 1.807) is 35.6 Å². The van der Waals surface area contributed by atoms with Crippen LogP contribution >= 0.6 is 11.3 Å². The van der Waals surface area contributed by atoms with Crippen LogP contribution < -0.4 is 5.32 Å². The van der Waals surface area contributed by atoms with Gasteiger partial charge in [-0.25, -0.2) is 4.79 Å². The second-order valence-electron chi connectivity index (χ2n) is 6.18. The summed E-state index contributed by atoms with van der Waals surface area (Å²) in [6.07, 6.45) is 5.39. The molecule has 0 radical (unpaired) electrons. The maximum absolute atomic E-state index is 12.3. The molecule has 0 atom stereocenters.